The third kappa shape index (κ3) is 5.78. The molecule has 0 unspecified atom stereocenters. The molecule has 0 saturated heterocycles. The minimum atomic E-state index is 0.243. The first-order chi connectivity index (χ1) is 11.6. The van der Waals surface area contributed by atoms with Crippen LogP contribution in [0.5, 0.6) is 0 Å². The number of benzene rings is 2. The Hall–Kier alpha value is -1.62. The van der Waals surface area contributed by atoms with Gasteiger partial charge in [-0.1, -0.05) is 60.1 Å². The lowest BCUT2D eigenvalue weighted by Gasteiger charge is -2.23. The number of halogens is 1. The molecule has 0 aliphatic heterocycles. The van der Waals surface area contributed by atoms with Crippen LogP contribution in [-0.2, 0) is 6.42 Å². The van der Waals surface area contributed by atoms with Gasteiger partial charge in [-0.15, -0.1) is 0 Å². The molecule has 2 aromatic rings. The highest BCUT2D eigenvalue weighted by atomic mass is 35.5. The first kappa shape index (κ1) is 18.7. The highest BCUT2D eigenvalue weighted by molar-refractivity contribution is 7.80. The minimum Gasteiger partial charge on any atom is -0.362 e. The van der Waals surface area contributed by atoms with Crippen LogP contribution >= 0.6 is 23.8 Å². The Morgan fingerprint density at radius 2 is 1.71 bits per heavy atom. The van der Waals surface area contributed by atoms with E-state index < -0.39 is 0 Å². The van der Waals surface area contributed by atoms with Crippen LogP contribution in [0.25, 0.3) is 0 Å². The molecule has 0 aliphatic carbocycles. The van der Waals surface area contributed by atoms with Crippen molar-refractivity contribution in [2.45, 2.75) is 12.5 Å². The average Bonchev–Trinajstić information content (AvgIpc) is 2.57. The van der Waals surface area contributed by atoms with Gasteiger partial charge in [-0.25, -0.2) is 0 Å². The lowest BCUT2D eigenvalue weighted by Crippen LogP contribution is -3.07. The molecule has 0 aromatic heterocycles. The fourth-order valence-electron chi connectivity index (χ4n) is 2.61. The molecule has 3 nitrogen and oxygen atoms in total. The molecule has 0 radical (unpaired) electrons. The van der Waals surface area contributed by atoms with Crippen LogP contribution in [0.1, 0.15) is 17.2 Å². The molecule has 1 atom stereocenters. The molecule has 0 fully saturated rings. The Morgan fingerprint density at radius 1 is 1.04 bits per heavy atom. The summed E-state index contributed by atoms with van der Waals surface area (Å²) in [6.07, 6.45) is 0.954. The summed E-state index contributed by atoms with van der Waals surface area (Å²) in [5, 5.41) is 8.07. The topological polar surface area (TPSA) is 28.5 Å². The van der Waals surface area contributed by atoms with Gasteiger partial charge in [0.25, 0.3) is 0 Å². The summed E-state index contributed by atoms with van der Waals surface area (Å²) in [6, 6.07) is 18.6. The fraction of sp³-hybridized carbons (Fsp3) is 0.316. The monoisotopic (exact) mass is 362 g/mol. The molecule has 5 heteroatoms. The van der Waals surface area contributed by atoms with Gasteiger partial charge in [0, 0.05) is 17.1 Å². The van der Waals surface area contributed by atoms with Crippen molar-refractivity contribution in [2.75, 3.05) is 27.2 Å². The quantitative estimate of drug-likeness (QED) is 0.660. The highest BCUT2D eigenvalue weighted by Gasteiger charge is 2.20. The van der Waals surface area contributed by atoms with Crippen LogP contribution in [0.4, 0.5) is 0 Å². The molecule has 2 rings (SSSR count). The number of hydrogen-bond acceptors (Lipinski definition) is 1. The predicted octanol–water partition coefficient (Wildman–Crippen LogP) is 2.23. The largest absolute Gasteiger partial charge is 0.362 e. The zero-order valence-electron chi connectivity index (χ0n) is 14.2. The van der Waals surface area contributed by atoms with Crippen LogP contribution in [-0.4, -0.2) is 32.3 Å². The van der Waals surface area contributed by atoms with E-state index in [1.165, 1.54) is 10.5 Å². The predicted molar refractivity (Wildman–Crippen MR) is 106 cm³/mol. The van der Waals surface area contributed by atoms with E-state index in [-0.39, 0.29) is 6.04 Å². The molecule has 3 N–H and O–H groups in total. The van der Waals surface area contributed by atoms with Crippen molar-refractivity contribution in [2.24, 2.45) is 0 Å². The van der Waals surface area contributed by atoms with E-state index in [4.69, 9.17) is 23.8 Å². The number of thiocarbonyl (C=S) groups is 1. The van der Waals surface area contributed by atoms with Crippen molar-refractivity contribution in [3.63, 3.8) is 0 Å². The Morgan fingerprint density at radius 3 is 2.38 bits per heavy atom. The highest BCUT2D eigenvalue weighted by Crippen LogP contribution is 2.20. The summed E-state index contributed by atoms with van der Waals surface area (Å²) in [7, 11) is 4.25. The Kier molecular flexibility index (Phi) is 7.50. The maximum atomic E-state index is 6.34. The van der Waals surface area contributed by atoms with E-state index in [9.17, 15) is 0 Å². The van der Waals surface area contributed by atoms with Crippen LogP contribution < -0.4 is 15.5 Å². The number of nitrogens with one attached hydrogen (secondary N) is 3. The Labute approximate surface area is 155 Å². The third-order valence-electron chi connectivity index (χ3n) is 3.99. The lowest BCUT2D eigenvalue weighted by molar-refractivity contribution is -0.890. The molecule has 0 spiro atoms. The maximum Gasteiger partial charge on any atom is 0.166 e. The number of quaternary nitrogens is 1. The van der Waals surface area contributed by atoms with Gasteiger partial charge in [-0.05, 0) is 30.3 Å². The number of hydrogen-bond donors (Lipinski definition) is 3. The van der Waals surface area contributed by atoms with Gasteiger partial charge in [0.2, 0.25) is 0 Å². The third-order valence-corrected chi connectivity index (χ3v) is 4.62. The van der Waals surface area contributed by atoms with E-state index in [0.29, 0.717) is 5.11 Å². The Bertz CT molecular complexity index is 646. The second kappa shape index (κ2) is 9.62. The van der Waals surface area contributed by atoms with Crippen molar-refractivity contribution < 1.29 is 4.90 Å². The van der Waals surface area contributed by atoms with Crippen molar-refractivity contribution in [1.29, 1.82) is 0 Å². The normalized spacial score (nSPS) is 12.0. The van der Waals surface area contributed by atoms with Gasteiger partial charge in [0.15, 0.2) is 5.11 Å². The molecule has 0 amide bonds. The van der Waals surface area contributed by atoms with Gasteiger partial charge >= 0.3 is 0 Å². The number of likely N-dealkylation sites (N-methyl/N-ethyl adjacent to an activating group) is 1. The summed E-state index contributed by atoms with van der Waals surface area (Å²) in [5.41, 5.74) is 2.44. The van der Waals surface area contributed by atoms with Gasteiger partial charge in [-0.3, -0.25) is 0 Å². The Balaban J connectivity index is 1.81. The maximum absolute atomic E-state index is 6.34. The van der Waals surface area contributed by atoms with E-state index in [1.54, 1.807) is 0 Å². The molecule has 0 heterocycles. The van der Waals surface area contributed by atoms with Gasteiger partial charge in [0.1, 0.15) is 6.04 Å². The van der Waals surface area contributed by atoms with Crippen LogP contribution in [0.15, 0.2) is 54.6 Å². The van der Waals surface area contributed by atoms with Crippen LogP contribution in [0.3, 0.4) is 0 Å². The average molecular weight is 363 g/mol. The smallest absolute Gasteiger partial charge is 0.166 e. The summed E-state index contributed by atoms with van der Waals surface area (Å²) < 4.78 is 0. The van der Waals surface area contributed by atoms with Crippen LogP contribution in [0, 0.1) is 0 Å². The van der Waals surface area contributed by atoms with Gasteiger partial charge < -0.3 is 15.5 Å². The van der Waals surface area contributed by atoms with Crippen molar-refractivity contribution >= 4 is 28.9 Å². The molecule has 0 aliphatic rings. The van der Waals surface area contributed by atoms with Crippen molar-refractivity contribution in [1.82, 2.24) is 10.6 Å². The molecule has 2 aromatic carbocycles. The van der Waals surface area contributed by atoms with E-state index >= 15 is 0 Å². The summed E-state index contributed by atoms with van der Waals surface area (Å²) in [4.78, 5) is 1.31. The number of rotatable bonds is 7. The van der Waals surface area contributed by atoms with Gasteiger partial charge in [0.05, 0.1) is 20.6 Å². The second-order valence-electron chi connectivity index (χ2n) is 6.02. The molecular formula is C19H25ClN3S+. The first-order valence-corrected chi connectivity index (χ1v) is 8.96. The zero-order valence-corrected chi connectivity index (χ0v) is 15.8. The standard InChI is InChI=1S/C19H24ClN3S/c1-23(2)18(16-10-6-7-11-17(16)20)14-22-19(24)21-13-12-15-8-4-3-5-9-15/h3-11,18H,12-14H2,1-2H3,(H2,21,22,24)/p+1/t18-/m1/s1. The summed E-state index contributed by atoms with van der Waals surface area (Å²) in [6.45, 7) is 1.56. The van der Waals surface area contributed by atoms with Crippen LogP contribution in [0.2, 0.25) is 5.02 Å². The molecule has 24 heavy (non-hydrogen) atoms. The van der Waals surface area contributed by atoms with Crippen molar-refractivity contribution in [3.8, 4) is 0 Å². The SMILES string of the molecule is C[NH+](C)[C@H](CNC(=S)NCCc1ccccc1)c1ccccc1Cl. The first-order valence-electron chi connectivity index (χ1n) is 8.18. The zero-order chi connectivity index (χ0) is 17.4. The molecule has 128 valence electrons. The second-order valence-corrected chi connectivity index (χ2v) is 6.84. The van der Waals surface area contributed by atoms with E-state index in [0.717, 1.165) is 30.1 Å². The lowest BCUT2D eigenvalue weighted by atomic mass is 10.1. The summed E-state index contributed by atoms with van der Waals surface area (Å²) >= 11 is 11.7. The molecular weight excluding hydrogens is 338 g/mol. The van der Waals surface area contributed by atoms with E-state index in [2.05, 4.69) is 55.1 Å². The molecule has 0 saturated carbocycles. The van der Waals surface area contributed by atoms with Gasteiger partial charge in [-0.2, -0.15) is 0 Å². The summed E-state index contributed by atoms with van der Waals surface area (Å²) in [5.74, 6) is 0. The van der Waals surface area contributed by atoms with E-state index in [1.807, 2.05) is 24.3 Å². The van der Waals surface area contributed by atoms with Crippen molar-refractivity contribution in [3.05, 3.63) is 70.7 Å². The minimum absolute atomic E-state index is 0.243. The molecule has 0 bridgehead atoms. The fourth-order valence-corrected chi connectivity index (χ4v) is 3.06.